The number of carbonyl (C=O) groups excluding carboxylic acids is 1. The van der Waals surface area contributed by atoms with E-state index in [2.05, 4.69) is 40.0 Å². The van der Waals surface area contributed by atoms with Crippen LogP contribution in [0.2, 0.25) is 0 Å². The average Bonchev–Trinajstić information content (AvgIpc) is 3.14. The Morgan fingerprint density at radius 2 is 1.87 bits per heavy atom. The normalized spacial score (nSPS) is 22.7. The lowest BCUT2D eigenvalue weighted by molar-refractivity contribution is -0.129. The molecule has 1 aliphatic heterocycles. The summed E-state index contributed by atoms with van der Waals surface area (Å²) in [4.78, 5) is 16.8. The van der Waals surface area contributed by atoms with Crippen molar-refractivity contribution in [3.05, 3.63) is 69.3 Å². The highest BCUT2D eigenvalue weighted by molar-refractivity contribution is 9.10. The molecule has 1 saturated carbocycles. The first-order chi connectivity index (χ1) is 14.6. The SMILES string of the molecule is CCC1CCC(c2ccc(C3=NC(=Cc4cc(Br)ccc4OC)C(=O)O3)cc2)CC1. The molecule has 1 aliphatic carbocycles. The molecule has 0 atom stereocenters. The maximum Gasteiger partial charge on any atom is 0.363 e. The van der Waals surface area contributed by atoms with Gasteiger partial charge in [0.15, 0.2) is 5.70 Å². The molecule has 0 spiro atoms. The molecule has 2 aromatic rings. The van der Waals surface area contributed by atoms with Crippen molar-refractivity contribution in [2.24, 2.45) is 10.9 Å². The number of hydrogen-bond donors (Lipinski definition) is 0. The second-order valence-electron chi connectivity index (χ2n) is 7.97. The van der Waals surface area contributed by atoms with E-state index in [4.69, 9.17) is 9.47 Å². The summed E-state index contributed by atoms with van der Waals surface area (Å²) in [6.45, 7) is 2.29. The van der Waals surface area contributed by atoms with Crippen molar-refractivity contribution in [3.8, 4) is 5.75 Å². The maximum absolute atomic E-state index is 12.4. The smallest absolute Gasteiger partial charge is 0.363 e. The number of nitrogens with zero attached hydrogens (tertiary/aromatic N) is 1. The minimum absolute atomic E-state index is 0.267. The van der Waals surface area contributed by atoms with E-state index in [1.807, 2.05) is 30.3 Å². The van der Waals surface area contributed by atoms with Crippen LogP contribution in [0, 0.1) is 5.92 Å². The molecule has 2 aliphatic rings. The van der Waals surface area contributed by atoms with Crippen LogP contribution < -0.4 is 4.74 Å². The summed E-state index contributed by atoms with van der Waals surface area (Å²) in [6.07, 6.45) is 8.14. The van der Waals surface area contributed by atoms with E-state index in [0.29, 0.717) is 17.6 Å². The number of ether oxygens (including phenoxy) is 2. The molecule has 0 bridgehead atoms. The van der Waals surface area contributed by atoms with Crippen LogP contribution in [0.5, 0.6) is 5.75 Å². The first kappa shape index (κ1) is 20.9. The summed E-state index contributed by atoms with van der Waals surface area (Å²) >= 11 is 3.45. The fraction of sp³-hybridized carbons (Fsp3) is 0.360. The van der Waals surface area contributed by atoms with Crippen LogP contribution in [0.1, 0.15) is 61.6 Å². The van der Waals surface area contributed by atoms with Crippen molar-refractivity contribution in [1.82, 2.24) is 0 Å². The summed E-state index contributed by atoms with van der Waals surface area (Å²) in [5, 5.41) is 0. The van der Waals surface area contributed by atoms with Crippen molar-refractivity contribution in [2.75, 3.05) is 7.11 Å². The van der Waals surface area contributed by atoms with Crippen molar-refractivity contribution in [3.63, 3.8) is 0 Å². The van der Waals surface area contributed by atoms with Gasteiger partial charge in [-0.05, 0) is 79.5 Å². The lowest BCUT2D eigenvalue weighted by Gasteiger charge is -2.28. The summed E-state index contributed by atoms with van der Waals surface area (Å²) < 4.78 is 11.7. The fourth-order valence-corrected chi connectivity index (χ4v) is 4.68. The Labute approximate surface area is 186 Å². The molecular formula is C25H26BrNO3. The third-order valence-corrected chi connectivity index (χ3v) is 6.65. The molecule has 0 radical (unpaired) electrons. The van der Waals surface area contributed by atoms with Gasteiger partial charge in [0.1, 0.15) is 5.75 Å². The van der Waals surface area contributed by atoms with Gasteiger partial charge in [0, 0.05) is 15.6 Å². The molecule has 0 saturated heterocycles. The molecular weight excluding hydrogens is 442 g/mol. The van der Waals surface area contributed by atoms with Crippen LogP contribution in [-0.2, 0) is 9.53 Å². The molecule has 4 rings (SSSR count). The van der Waals surface area contributed by atoms with Crippen molar-refractivity contribution in [1.29, 1.82) is 0 Å². The lowest BCUT2D eigenvalue weighted by atomic mass is 9.78. The Bertz CT molecular complexity index is 986. The highest BCUT2D eigenvalue weighted by Gasteiger charge is 2.25. The predicted octanol–water partition coefficient (Wildman–Crippen LogP) is 6.49. The Morgan fingerprint density at radius 1 is 1.13 bits per heavy atom. The molecule has 1 fully saturated rings. The molecule has 4 nitrogen and oxygen atoms in total. The van der Waals surface area contributed by atoms with Gasteiger partial charge < -0.3 is 9.47 Å². The van der Waals surface area contributed by atoms with E-state index >= 15 is 0 Å². The number of aliphatic imine (C=N–C) groups is 1. The van der Waals surface area contributed by atoms with Gasteiger partial charge in [-0.15, -0.1) is 0 Å². The second-order valence-corrected chi connectivity index (χ2v) is 8.89. The topological polar surface area (TPSA) is 47.9 Å². The first-order valence-corrected chi connectivity index (χ1v) is 11.3. The Balaban J connectivity index is 1.52. The molecule has 0 aromatic heterocycles. The van der Waals surface area contributed by atoms with E-state index in [1.54, 1.807) is 13.2 Å². The zero-order valence-corrected chi connectivity index (χ0v) is 18.9. The molecule has 0 N–H and O–H groups in total. The van der Waals surface area contributed by atoms with Gasteiger partial charge in [-0.3, -0.25) is 0 Å². The number of methoxy groups -OCH3 is 1. The van der Waals surface area contributed by atoms with Crippen LogP contribution in [0.25, 0.3) is 6.08 Å². The minimum atomic E-state index is -0.450. The zero-order chi connectivity index (χ0) is 21.1. The number of rotatable bonds is 5. The second kappa shape index (κ2) is 9.17. The molecule has 0 amide bonds. The van der Waals surface area contributed by atoms with Crippen LogP contribution in [0.3, 0.4) is 0 Å². The van der Waals surface area contributed by atoms with Crippen molar-refractivity contribution >= 4 is 33.9 Å². The number of cyclic esters (lactones) is 1. The van der Waals surface area contributed by atoms with E-state index in [-0.39, 0.29) is 5.70 Å². The number of benzene rings is 2. The number of esters is 1. The highest BCUT2D eigenvalue weighted by atomic mass is 79.9. The molecule has 30 heavy (non-hydrogen) atoms. The number of hydrogen-bond acceptors (Lipinski definition) is 4. The van der Waals surface area contributed by atoms with Gasteiger partial charge in [0.25, 0.3) is 0 Å². The largest absolute Gasteiger partial charge is 0.496 e. The van der Waals surface area contributed by atoms with Gasteiger partial charge in [0.05, 0.1) is 7.11 Å². The van der Waals surface area contributed by atoms with Crippen LogP contribution >= 0.6 is 15.9 Å². The van der Waals surface area contributed by atoms with Gasteiger partial charge in [-0.2, -0.15) is 0 Å². The molecule has 5 heteroatoms. The van der Waals surface area contributed by atoms with E-state index in [1.165, 1.54) is 37.7 Å². The molecule has 0 unspecified atom stereocenters. The number of carbonyl (C=O) groups is 1. The van der Waals surface area contributed by atoms with E-state index in [9.17, 15) is 4.79 Å². The Hall–Kier alpha value is -2.40. The quantitative estimate of drug-likeness (QED) is 0.373. The zero-order valence-electron chi connectivity index (χ0n) is 17.4. The number of halogens is 1. The van der Waals surface area contributed by atoms with Crippen LogP contribution in [0.15, 0.2) is 57.6 Å². The lowest BCUT2D eigenvalue weighted by Crippen LogP contribution is -2.13. The van der Waals surface area contributed by atoms with Crippen molar-refractivity contribution < 1.29 is 14.3 Å². The van der Waals surface area contributed by atoms with E-state index < -0.39 is 5.97 Å². The average molecular weight is 468 g/mol. The van der Waals surface area contributed by atoms with Crippen LogP contribution in [-0.4, -0.2) is 19.0 Å². The predicted molar refractivity (Wildman–Crippen MR) is 123 cm³/mol. The van der Waals surface area contributed by atoms with Crippen molar-refractivity contribution in [2.45, 2.75) is 44.9 Å². The molecule has 1 heterocycles. The standard InChI is InChI=1S/C25H26BrNO3/c1-3-16-4-6-17(7-5-16)18-8-10-19(11-9-18)24-27-22(25(28)30-24)15-20-14-21(26)12-13-23(20)29-2/h8-17H,3-7H2,1-2H3. The Morgan fingerprint density at radius 3 is 2.53 bits per heavy atom. The summed E-state index contributed by atoms with van der Waals surface area (Å²) in [6, 6.07) is 13.9. The van der Waals surface area contributed by atoms with Gasteiger partial charge >= 0.3 is 5.97 Å². The fourth-order valence-electron chi connectivity index (χ4n) is 4.30. The minimum Gasteiger partial charge on any atom is -0.496 e. The van der Waals surface area contributed by atoms with Gasteiger partial charge in [-0.25, -0.2) is 9.79 Å². The Kier molecular flexibility index (Phi) is 6.38. The van der Waals surface area contributed by atoms with Gasteiger partial charge in [-0.1, -0.05) is 41.4 Å². The van der Waals surface area contributed by atoms with Gasteiger partial charge in [0.2, 0.25) is 5.90 Å². The third-order valence-electron chi connectivity index (χ3n) is 6.16. The molecule has 156 valence electrons. The third kappa shape index (κ3) is 4.51. The monoisotopic (exact) mass is 467 g/mol. The highest BCUT2D eigenvalue weighted by Crippen LogP contribution is 2.37. The van der Waals surface area contributed by atoms with E-state index in [0.717, 1.165) is 21.5 Å². The summed E-state index contributed by atoms with van der Waals surface area (Å²) in [7, 11) is 1.60. The first-order valence-electron chi connectivity index (χ1n) is 10.5. The maximum atomic E-state index is 12.4. The molecule has 2 aromatic carbocycles. The summed E-state index contributed by atoms with van der Waals surface area (Å²) in [5.41, 5.74) is 3.22. The summed E-state index contributed by atoms with van der Waals surface area (Å²) in [5.74, 6) is 2.09. The van der Waals surface area contributed by atoms with Crippen LogP contribution in [0.4, 0.5) is 0 Å².